The van der Waals surface area contributed by atoms with E-state index in [0.717, 1.165) is 41.7 Å². The molecular formula is C14H22BrN3O. The van der Waals surface area contributed by atoms with Crippen LogP contribution in [0.1, 0.15) is 58.0 Å². The van der Waals surface area contributed by atoms with Gasteiger partial charge in [0.1, 0.15) is 11.4 Å². The van der Waals surface area contributed by atoms with Crippen molar-refractivity contribution in [3.8, 4) is 0 Å². The van der Waals surface area contributed by atoms with Crippen LogP contribution in [0.15, 0.2) is 4.47 Å². The van der Waals surface area contributed by atoms with Crippen molar-refractivity contribution < 1.29 is 4.74 Å². The maximum absolute atomic E-state index is 6.05. The van der Waals surface area contributed by atoms with E-state index in [4.69, 9.17) is 15.5 Å². The Balaban J connectivity index is 2.56. The average Bonchev–Trinajstić information content (AvgIpc) is 2.80. The monoisotopic (exact) mass is 327 g/mol. The molecule has 0 unspecified atom stereocenters. The second-order valence-corrected chi connectivity index (χ2v) is 7.04. The van der Waals surface area contributed by atoms with Crippen LogP contribution in [0.2, 0.25) is 0 Å². The molecule has 0 amide bonds. The zero-order valence-corrected chi connectivity index (χ0v) is 13.7. The Bertz CT molecular complexity index is 476. The molecule has 4 nitrogen and oxygen atoms in total. The molecule has 0 spiro atoms. The molecule has 0 saturated heterocycles. The van der Waals surface area contributed by atoms with Crippen LogP contribution < -0.4 is 5.73 Å². The van der Waals surface area contributed by atoms with Crippen LogP contribution in [0.3, 0.4) is 0 Å². The van der Waals surface area contributed by atoms with Gasteiger partial charge in [-0.2, -0.15) is 0 Å². The molecule has 1 aliphatic carbocycles. The number of hydrogen-bond donors (Lipinski definition) is 1. The second kappa shape index (κ2) is 5.02. The Morgan fingerprint density at radius 1 is 1.21 bits per heavy atom. The van der Waals surface area contributed by atoms with Gasteiger partial charge in [0, 0.05) is 12.5 Å². The van der Waals surface area contributed by atoms with Gasteiger partial charge in [0.05, 0.1) is 10.2 Å². The van der Waals surface area contributed by atoms with Crippen LogP contribution in [0, 0.1) is 0 Å². The first kappa shape index (κ1) is 14.7. The molecule has 1 saturated carbocycles. The zero-order chi connectivity index (χ0) is 14.3. The lowest BCUT2D eigenvalue weighted by Gasteiger charge is -2.28. The molecule has 1 aliphatic rings. The van der Waals surface area contributed by atoms with Gasteiger partial charge in [-0.25, -0.2) is 9.97 Å². The highest BCUT2D eigenvalue weighted by Gasteiger charge is 2.40. The van der Waals surface area contributed by atoms with Crippen molar-refractivity contribution in [2.24, 2.45) is 0 Å². The number of nitrogens with two attached hydrogens (primary N) is 1. The summed E-state index contributed by atoms with van der Waals surface area (Å²) in [6, 6.07) is 0. The van der Waals surface area contributed by atoms with Crippen molar-refractivity contribution in [3.05, 3.63) is 16.0 Å². The summed E-state index contributed by atoms with van der Waals surface area (Å²) in [5.41, 5.74) is 6.55. The van der Waals surface area contributed by atoms with Gasteiger partial charge in [0.2, 0.25) is 0 Å². The zero-order valence-electron chi connectivity index (χ0n) is 12.1. The van der Waals surface area contributed by atoms with E-state index >= 15 is 0 Å². The van der Waals surface area contributed by atoms with Gasteiger partial charge in [-0.15, -0.1) is 0 Å². The van der Waals surface area contributed by atoms with Crippen molar-refractivity contribution in [2.75, 3.05) is 12.8 Å². The maximum Gasteiger partial charge on any atom is 0.162 e. The van der Waals surface area contributed by atoms with Crippen molar-refractivity contribution in [1.82, 2.24) is 9.97 Å². The lowest BCUT2D eigenvalue weighted by molar-refractivity contribution is -0.0165. The van der Waals surface area contributed by atoms with Gasteiger partial charge in [0.25, 0.3) is 0 Å². The van der Waals surface area contributed by atoms with Crippen molar-refractivity contribution in [2.45, 2.75) is 57.5 Å². The minimum Gasteiger partial charge on any atom is -0.383 e. The van der Waals surface area contributed by atoms with E-state index in [1.165, 1.54) is 0 Å². The summed E-state index contributed by atoms with van der Waals surface area (Å²) in [6.45, 7) is 6.37. The Labute approximate surface area is 123 Å². The molecule has 1 heterocycles. The minimum absolute atomic E-state index is 0.0851. The summed E-state index contributed by atoms with van der Waals surface area (Å²) in [5.74, 6) is 1.23. The fourth-order valence-corrected chi connectivity index (χ4v) is 3.40. The number of halogens is 1. The number of ether oxygens (including phenoxy) is 1. The lowest BCUT2D eigenvalue weighted by atomic mass is 9.91. The maximum atomic E-state index is 6.05. The lowest BCUT2D eigenvalue weighted by Crippen LogP contribution is -2.30. The number of hydrogen-bond acceptors (Lipinski definition) is 4. The van der Waals surface area contributed by atoms with Crippen LogP contribution in [0.4, 0.5) is 5.82 Å². The van der Waals surface area contributed by atoms with Gasteiger partial charge in [-0.05, 0) is 41.6 Å². The standard InChI is InChI=1S/C14H22BrN3O/c1-13(2,3)10-9(15)11(16)18-12(17-10)14(19-4)7-5-6-8-14/h5-8H2,1-4H3,(H2,16,17,18). The molecule has 1 fully saturated rings. The van der Waals surface area contributed by atoms with Crippen LogP contribution in [0.25, 0.3) is 0 Å². The van der Waals surface area contributed by atoms with E-state index in [2.05, 4.69) is 41.7 Å². The third-order valence-corrected chi connectivity index (χ3v) is 4.58. The molecule has 1 aromatic rings. The Kier molecular flexibility index (Phi) is 3.89. The first-order chi connectivity index (χ1) is 8.80. The molecule has 1 aromatic heterocycles. The number of aromatic nitrogens is 2. The Hall–Kier alpha value is -0.680. The van der Waals surface area contributed by atoms with E-state index in [9.17, 15) is 0 Å². The summed E-state index contributed by atoms with van der Waals surface area (Å²) < 4.78 is 6.55. The number of methoxy groups -OCH3 is 1. The van der Waals surface area contributed by atoms with Gasteiger partial charge in [-0.1, -0.05) is 20.8 Å². The number of anilines is 1. The summed E-state index contributed by atoms with van der Waals surface area (Å²) in [5, 5.41) is 0. The van der Waals surface area contributed by atoms with Crippen molar-refractivity contribution in [1.29, 1.82) is 0 Å². The van der Waals surface area contributed by atoms with E-state index in [1.54, 1.807) is 7.11 Å². The van der Waals surface area contributed by atoms with E-state index < -0.39 is 0 Å². The highest BCUT2D eigenvalue weighted by molar-refractivity contribution is 9.10. The first-order valence-corrected chi connectivity index (χ1v) is 7.48. The van der Waals surface area contributed by atoms with Crippen LogP contribution >= 0.6 is 15.9 Å². The van der Waals surface area contributed by atoms with E-state index in [1.807, 2.05) is 0 Å². The topological polar surface area (TPSA) is 61.0 Å². The predicted molar refractivity (Wildman–Crippen MR) is 80.0 cm³/mol. The molecule has 2 N–H and O–H groups in total. The van der Waals surface area contributed by atoms with Crippen LogP contribution in [-0.2, 0) is 15.8 Å². The fraction of sp³-hybridized carbons (Fsp3) is 0.714. The summed E-state index contributed by atoms with van der Waals surface area (Å²) in [4.78, 5) is 9.23. The molecule has 106 valence electrons. The predicted octanol–water partition coefficient (Wildman–Crippen LogP) is 3.53. The number of nitrogen functional groups attached to an aromatic ring is 1. The third kappa shape index (κ3) is 2.63. The average molecular weight is 328 g/mol. The first-order valence-electron chi connectivity index (χ1n) is 6.69. The third-order valence-electron chi connectivity index (χ3n) is 3.80. The van der Waals surface area contributed by atoms with E-state index in [0.29, 0.717) is 5.82 Å². The number of rotatable bonds is 2. The molecule has 0 atom stereocenters. The second-order valence-electron chi connectivity index (χ2n) is 6.25. The number of nitrogens with zero attached hydrogens (tertiary/aromatic N) is 2. The van der Waals surface area contributed by atoms with Gasteiger partial charge >= 0.3 is 0 Å². The van der Waals surface area contributed by atoms with Crippen molar-refractivity contribution in [3.63, 3.8) is 0 Å². The van der Waals surface area contributed by atoms with Gasteiger partial charge < -0.3 is 10.5 Å². The fourth-order valence-electron chi connectivity index (χ4n) is 2.63. The van der Waals surface area contributed by atoms with E-state index in [-0.39, 0.29) is 11.0 Å². The Morgan fingerprint density at radius 3 is 2.26 bits per heavy atom. The largest absolute Gasteiger partial charge is 0.383 e. The molecule has 0 aromatic carbocycles. The summed E-state index contributed by atoms with van der Waals surface area (Å²) in [7, 11) is 1.74. The molecule has 5 heteroatoms. The van der Waals surface area contributed by atoms with Gasteiger partial charge in [0.15, 0.2) is 5.82 Å². The highest BCUT2D eigenvalue weighted by Crippen LogP contribution is 2.42. The molecule has 0 radical (unpaired) electrons. The molecule has 19 heavy (non-hydrogen) atoms. The molecule has 2 rings (SSSR count). The summed E-state index contributed by atoms with van der Waals surface area (Å²) in [6.07, 6.45) is 4.23. The molecule has 0 bridgehead atoms. The van der Waals surface area contributed by atoms with Crippen molar-refractivity contribution >= 4 is 21.7 Å². The smallest absolute Gasteiger partial charge is 0.162 e. The van der Waals surface area contributed by atoms with Crippen LogP contribution in [0.5, 0.6) is 0 Å². The molecule has 0 aliphatic heterocycles. The SMILES string of the molecule is COC1(c2nc(N)c(Br)c(C(C)(C)C)n2)CCCC1. The highest BCUT2D eigenvalue weighted by atomic mass is 79.9. The quantitative estimate of drug-likeness (QED) is 0.902. The normalized spacial score (nSPS) is 18.8. The molecular weight excluding hydrogens is 306 g/mol. The van der Waals surface area contributed by atoms with Gasteiger partial charge in [-0.3, -0.25) is 0 Å². The minimum atomic E-state index is -0.352. The van der Waals surface area contributed by atoms with Crippen LogP contribution in [-0.4, -0.2) is 17.1 Å². The Morgan fingerprint density at radius 2 is 1.79 bits per heavy atom. The summed E-state index contributed by atoms with van der Waals surface area (Å²) >= 11 is 3.51.